The molecule has 0 aliphatic carbocycles. The Balaban J connectivity index is 2.13. The summed E-state index contributed by atoms with van der Waals surface area (Å²) in [5.74, 6) is 1.53. The maximum atomic E-state index is 5.49. The second-order valence-electron chi connectivity index (χ2n) is 4.51. The average molecular weight is 242 g/mol. The van der Waals surface area contributed by atoms with E-state index in [-0.39, 0.29) is 0 Å². The molecule has 0 spiro atoms. The molecule has 2 rings (SSSR count). The Labute approximate surface area is 108 Å². The summed E-state index contributed by atoms with van der Waals surface area (Å²) in [4.78, 5) is 6.39. The molecule has 0 saturated carbocycles. The van der Waals surface area contributed by atoms with Crippen molar-refractivity contribution >= 4 is 17.8 Å². The van der Waals surface area contributed by atoms with Gasteiger partial charge < -0.3 is 9.32 Å². The standard InChI is InChI=1S/C15H18N2O/c1-11-12(2)18-15(16-11)10-7-13-5-8-14(9-6-13)17(3)4/h5-10H,1-4H3. The van der Waals surface area contributed by atoms with E-state index in [1.807, 2.05) is 40.1 Å². The van der Waals surface area contributed by atoms with Crippen LogP contribution in [0.5, 0.6) is 0 Å². The quantitative estimate of drug-likeness (QED) is 0.824. The van der Waals surface area contributed by atoms with Crippen molar-refractivity contribution in [1.29, 1.82) is 0 Å². The van der Waals surface area contributed by atoms with Crippen LogP contribution in [0.25, 0.3) is 12.2 Å². The van der Waals surface area contributed by atoms with Gasteiger partial charge in [0.15, 0.2) is 0 Å². The van der Waals surface area contributed by atoms with Crippen molar-refractivity contribution in [3.05, 3.63) is 47.2 Å². The van der Waals surface area contributed by atoms with Gasteiger partial charge in [-0.15, -0.1) is 0 Å². The van der Waals surface area contributed by atoms with Gasteiger partial charge in [0.25, 0.3) is 0 Å². The summed E-state index contributed by atoms with van der Waals surface area (Å²) in [5, 5.41) is 0. The van der Waals surface area contributed by atoms with Crippen molar-refractivity contribution in [2.45, 2.75) is 13.8 Å². The lowest BCUT2D eigenvalue weighted by atomic mass is 10.2. The van der Waals surface area contributed by atoms with Gasteiger partial charge in [-0.05, 0) is 37.6 Å². The van der Waals surface area contributed by atoms with Gasteiger partial charge in [0.05, 0.1) is 5.69 Å². The van der Waals surface area contributed by atoms with Crippen molar-refractivity contribution in [2.24, 2.45) is 0 Å². The van der Waals surface area contributed by atoms with E-state index in [1.54, 1.807) is 0 Å². The molecule has 0 amide bonds. The van der Waals surface area contributed by atoms with Crippen LogP contribution in [0.4, 0.5) is 5.69 Å². The van der Waals surface area contributed by atoms with Crippen molar-refractivity contribution in [3.8, 4) is 0 Å². The molecule has 0 saturated heterocycles. The largest absolute Gasteiger partial charge is 0.442 e. The fourth-order valence-corrected chi connectivity index (χ4v) is 1.62. The predicted octanol–water partition coefficient (Wildman–Crippen LogP) is 3.53. The zero-order valence-electron chi connectivity index (χ0n) is 11.3. The topological polar surface area (TPSA) is 29.3 Å². The molecule has 1 heterocycles. The van der Waals surface area contributed by atoms with E-state index in [1.165, 1.54) is 5.69 Å². The van der Waals surface area contributed by atoms with E-state index in [9.17, 15) is 0 Å². The zero-order chi connectivity index (χ0) is 13.1. The van der Waals surface area contributed by atoms with Crippen molar-refractivity contribution in [1.82, 2.24) is 4.98 Å². The number of hydrogen-bond acceptors (Lipinski definition) is 3. The Morgan fingerprint density at radius 2 is 1.72 bits per heavy atom. The number of benzene rings is 1. The van der Waals surface area contributed by atoms with Crippen molar-refractivity contribution in [2.75, 3.05) is 19.0 Å². The highest BCUT2D eigenvalue weighted by molar-refractivity contribution is 5.67. The van der Waals surface area contributed by atoms with Crippen molar-refractivity contribution in [3.63, 3.8) is 0 Å². The highest BCUT2D eigenvalue weighted by atomic mass is 16.4. The normalized spacial score (nSPS) is 11.1. The number of nitrogens with zero attached hydrogens (tertiary/aromatic N) is 2. The molecule has 0 atom stereocenters. The van der Waals surface area contributed by atoms with Gasteiger partial charge in [0, 0.05) is 25.9 Å². The van der Waals surface area contributed by atoms with Crippen LogP contribution in [0.3, 0.4) is 0 Å². The molecule has 94 valence electrons. The Morgan fingerprint density at radius 3 is 2.22 bits per heavy atom. The van der Waals surface area contributed by atoms with E-state index in [0.717, 1.165) is 17.0 Å². The highest BCUT2D eigenvalue weighted by Crippen LogP contribution is 2.15. The van der Waals surface area contributed by atoms with Crippen LogP contribution in [0, 0.1) is 13.8 Å². The molecule has 2 aromatic rings. The third-order valence-electron chi connectivity index (χ3n) is 2.87. The SMILES string of the molecule is Cc1nc(C=Cc2ccc(N(C)C)cc2)oc1C. The van der Waals surface area contributed by atoms with Crippen LogP contribution in [-0.2, 0) is 0 Å². The van der Waals surface area contributed by atoms with Gasteiger partial charge in [-0.2, -0.15) is 0 Å². The summed E-state index contributed by atoms with van der Waals surface area (Å²) >= 11 is 0. The molecule has 0 aliphatic heterocycles. The van der Waals surface area contributed by atoms with Gasteiger partial charge >= 0.3 is 0 Å². The minimum absolute atomic E-state index is 0.654. The number of anilines is 1. The second kappa shape index (κ2) is 5.08. The summed E-state index contributed by atoms with van der Waals surface area (Å²) in [6, 6.07) is 8.33. The number of aryl methyl sites for hydroxylation is 2. The molecule has 0 aliphatic rings. The third-order valence-corrected chi connectivity index (χ3v) is 2.87. The zero-order valence-corrected chi connectivity index (χ0v) is 11.3. The minimum atomic E-state index is 0.654. The van der Waals surface area contributed by atoms with Crippen LogP contribution in [-0.4, -0.2) is 19.1 Å². The Kier molecular flexibility index (Phi) is 3.51. The first-order valence-electron chi connectivity index (χ1n) is 5.96. The summed E-state index contributed by atoms with van der Waals surface area (Å²) in [5.41, 5.74) is 3.27. The Bertz CT molecular complexity index is 531. The lowest BCUT2D eigenvalue weighted by Crippen LogP contribution is -2.07. The fourth-order valence-electron chi connectivity index (χ4n) is 1.62. The lowest BCUT2D eigenvalue weighted by molar-refractivity contribution is 0.516. The molecule has 0 bridgehead atoms. The van der Waals surface area contributed by atoms with Crippen molar-refractivity contribution < 1.29 is 4.42 Å². The van der Waals surface area contributed by atoms with Gasteiger partial charge in [0.1, 0.15) is 5.76 Å². The van der Waals surface area contributed by atoms with Crippen LogP contribution < -0.4 is 4.90 Å². The van der Waals surface area contributed by atoms with E-state index in [4.69, 9.17) is 4.42 Å². The van der Waals surface area contributed by atoms with Gasteiger partial charge in [0.2, 0.25) is 5.89 Å². The van der Waals surface area contributed by atoms with E-state index >= 15 is 0 Å². The summed E-state index contributed by atoms with van der Waals surface area (Å²) in [6.45, 7) is 3.87. The molecule has 3 nitrogen and oxygen atoms in total. The molecule has 1 aromatic carbocycles. The smallest absolute Gasteiger partial charge is 0.219 e. The summed E-state index contributed by atoms with van der Waals surface area (Å²) in [7, 11) is 4.06. The molecule has 0 fully saturated rings. The number of aromatic nitrogens is 1. The lowest BCUT2D eigenvalue weighted by Gasteiger charge is -2.11. The minimum Gasteiger partial charge on any atom is -0.442 e. The first kappa shape index (κ1) is 12.4. The fraction of sp³-hybridized carbons (Fsp3) is 0.267. The summed E-state index contributed by atoms with van der Waals surface area (Å²) < 4.78 is 5.49. The highest BCUT2D eigenvalue weighted by Gasteiger charge is 2.01. The number of hydrogen-bond donors (Lipinski definition) is 0. The number of oxazole rings is 1. The first-order valence-corrected chi connectivity index (χ1v) is 5.96. The van der Waals surface area contributed by atoms with Crippen LogP contribution in [0.15, 0.2) is 28.7 Å². The van der Waals surface area contributed by atoms with Crippen LogP contribution in [0.1, 0.15) is 22.9 Å². The molecule has 0 N–H and O–H groups in total. The third kappa shape index (κ3) is 2.80. The van der Waals surface area contributed by atoms with E-state index in [2.05, 4.69) is 34.1 Å². The maximum Gasteiger partial charge on any atom is 0.219 e. The Hall–Kier alpha value is -2.03. The molecule has 18 heavy (non-hydrogen) atoms. The van der Waals surface area contributed by atoms with Crippen LogP contribution >= 0.6 is 0 Å². The molecule has 0 radical (unpaired) electrons. The van der Waals surface area contributed by atoms with Gasteiger partial charge in [-0.25, -0.2) is 4.98 Å². The predicted molar refractivity (Wildman–Crippen MR) is 75.7 cm³/mol. The second-order valence-corrected chi connectivity index (χ2v) is 4.51. The first-order chi connectivity index (χ1) is 8.56. The molecule has 3 heteroatoms. The summed E-state index contributed by atoms with van der Waals surface area (Å²) in [6.07, 6.45) is 3.90. The molecule has 1 aromatic heterocycles. The van der Waals surface area contributed by atoms with Gasteiger partial charge in [-0.1, -0.05) is 12.1 Å². The number of rotatable bonds is 3. The Morgan fingerprint density at radius 1 is 1.06 bits per heavy atom. The maximum absolute atomic E-state index is 5.49. The van der Waals surface area contributed by atoms with Gasteiger partial charge in [-0.3, -0.25) is 0 Å². The average Bonchev–Trinajstić information content (AvgIpc) is 2.67. The van der Waals surface area contributed by atoms with E-state index in [0.29, 0.717) is 5.89 Å². The molecule has 0 unspecified atom stereocenters. The van der Waals surface area contributed by atoms with E-state index < -0.39 is 0 Å². The van der Waals surface area contributed by atoms with Crippen LogP contribution in [0.2, 0.25) is 0 Å². The molecular formula is C15H18N2O. The molecular weight excluding hydrogens is 224 g/mol. The monoisotopic (exact) mass is 242 g/mol.